The SMILES string of the molecule is Cc1c(N)ncnc1NCCOCCO. The molecule has 1 aromatic heterocycles. The number of rotatable bonds is 6. The minimum atomic E-state index is 0.0412. The summed E-state index contributed by atoms with van der Waals surface area (Å²) in [4.78, 5) is 7.91. The van der Waals surface area contributed by atoms with Gasteiger partial charge in [0, 0.05) is 12.1 Å². The highest BCUT2D eigenvalue weighted by Crippen LogP contribution is 2.14. The molecule has 1 rings (SSSR count). The van der Waals surface area contributed by atoms with Crippen molar-refractivity contribution in [1.29, 1.82) is 0 Å². The maximum Gasteiger partial charge on any atom is 0.134 e. The van der Waals surface area contributed by atoms with Gasteiger partial charge in [-0.3, -0.25) is 0 Å². The average molecular weight is 212 g/mol. The van der Waals surface area contributed by atoms with Crippen LogP contribution in [-0.4, -0.2) is 41.4 Å². The molecule has 0 bridgehead atoms. The molecule has 0 saturated heterocycles. The molecule has 0 fully saturated rings. The van der Waals surface area contributed by atoms with Crippen LogP contribution in [0.4, 0.5) is 11.6 Å². The molecule has 0 aliphatic carbocycles. The van der Waals surface area contributed by atoms with Crippen LogP contribution in [0.15, 0.2) is 6.33 Å². The van der Waals surface area contributed by atoms with E-state index in [0.29, 0.717) is 25.6 Å². The number of aromatic nitrogens is 2. The molecule has 0 unspecified atom stereocenters. The van der Waals surface area contributed by atoms with Gasteiger partial charge >= 0.3 is 0 Å². The zero-order valence-electron chi connectivity index (χ0n) is 8.73. The first-order chi connectivity index (χ1) is 7.25. The predicted octanol–water partition coefficient (Wildman–Crippen LogP) is -0.212. The van der Waals surface area contributed by atoms with Gasteiger partial charge in [-0.05, 0) is 6.92 Å². The number of nitrogens with zero attached hydrogens (tertiary/aromatic N) is 2. The van der Waals surface area contributed by atoms with Crippen LogP contribution in [0.25, 0.3) is 0 Å². The first kappa shape index (κ1) is 11.7. The lowest BCUT2D eigenvalue weighted by atomic mass is 10.3. The molecular weight excluding hydrogens is 196 g/mol. The molecule has 0 amide bonds. The van der Waals surface area contributed by atoms with E-state index in [1.807, 2.05) is 6.92 Å². The quantitative estimate of drug-likeness (QED) is 0.565. The average Bonchev–Trinajstić information content (AvgIpc) is 2.24. The van der Waals surface area contributed by atoms with E-state index in [1.54, 1.807) is 0 Å². The Morgan fingerprint density at radius 1 is 1.47 bits per heavy atom. The van der Waals surface area contributed by atoms with Gasteiger partial charge in [-0.2, -0.15) is 0 Å². The number of nitrogens with one attached hydrogen (secondary N) is 1. The zero-order valence-corrected chi connectivity index (χ0v) is 8.73. The fraction of sp³-hybridized carbons (Fsp3) is 0.556. The minimum absolute atomic E-state index is 0.0412. The molecule has 6 nitrogen and oxygen atoms in total. The molecular formula is C9H16N4O2. The standard InChI is InChI=1S/C9H16N4O2/c1-7-8(10)12-6-13-9(7)11-2-4-15-5-3-14/h6,14H,2-5H2,1H3,(H3,10,11,12,13). The number of hydrogen-bond donors (Lipinski definition) is 3. The molecule has 0 atom stereocenters. The molecule has 0 radical (unpaired) electrons. The smallest absolute Gasteiger partial charge is 0.134 e. The van der Waals surface area contributed by atoms with Crippen LogP contribution < -0.4 is 11.1 Å². The van der Waals surface area contributed by atoms with Crippen LogP contribution in [0.1, 0.15) is 5.56 Å². The van der Waals surface area contributed by atoms with Gasteiger partial charge in [0.15, 0.2) is 0 Å². The summed E-state index contributed by atoms with van der Waals surface area (Å²) >= 11 is 0. The lowest BCUT2D eigenvalue weighted by Crippen LogP contribution is -2.13. The Morgan fingerprint density at radius 3 is 3.00 bits per heavy atom. The van der Waals surface area contributed by atoms with Gasteiger partial charge in [-0.15, -0.1) is 0 Å². The third kappa shape index (κ3) is 3.69. The number of nitrogen functional groups attached to an aromatic ring is 1. The largest absolute Gasteiger partial charge is 0.394 e. The number of aliphatic hydroxyl groups excluding tert-OH is 1. The summed E-state index contributed by atoms with van der Waals surface area (Å²) in [5, 5.41) is 11.6. The molecule has 1 heterocycles. The molecule has 4 N–H and O–H groups in total. The predicted molar refractivity (Wildman–Crippen MR) is 57.6 cm³/mol. The van der Waals surface area contributed by atoms with E-state index in [1.165, 1.54) is 6.33 Å². The van der Waals surface area contributed by atoms with Crippen LogP contribution in [0.2, 0.25) is 0 Å². The van der Waals surface area contributed by atoms with Gasteiger partial charge < -0.3 is 20.9 Å². The summed E-state index contributed by atoms with van der Waals surface area (Å²) in [6, 6.07) is 0. The van der Waals surface area contributed by atoms with Crippen molar-refractivity contribution < 1.29 is 9.84 Å². The van der Waals surface area contributed by atoms with Gasteiger partial charge in [-0.1, -0.05) is 0 Å². The van der Waals surface area contributed by atoms with Crippen LogP contribution in [-0.2, 0) is 4.74 Å². The molecule has 15 heavy (non-hydrogen) atoms. The summed E-state index contributed by atoms with van der Waals surface area (Å²) < 4.78 is 5.09. The molecule has 0 aromatic carbocycles. The first-order valence-corrected chi connectivity index (χ1v) is 4.75. The van der Waals surface area contributed by atoms with Gasteiger partial charge in [-0.25, -0.2) is 9.97 Å². The van der Waals surface area contributed by atoms with Gasteiger partial charge in [0.05, 0.1) is 19.8 Å². The van der Waals surface area contributed by atoms with Gasteiger partial charge in [0.2, 0.25) is 0 Å². The van der Waals surface area contributed by atoms with Crippen LogP contribution in [0, 0.1) is 6.92 Å². The normalized spacial score (nSPS) is 10.3. The molecule has 0 aliphatic rings. The summed E-state index contributed by atoms with van der Waals surface area (Å²) in [7, 11) is 0. The second-order valence-corrected chi connectivity index (χ2v) is 3.00. The first-order valence-electron chi connectivity index (χ1n) is 4.75. The number of hydrogen-bond acceptors (Lipinski definition) is 6. The van der Waals surface area contributed by atoms with E-state index < -0.39 is 0 Å². The minimum Gasteiger partial charge on any atom is -0.394 e. The summed E-state index contributed by atoms with van der Waals surface area (Å²) in [5.74, 6) is 1.19. The Labute approximate surface area is 88.5 Å². The molecule has 84 valence electrons. The highest BCUT2D eigenvalue weighted by Gasteiger charge is 2.02. The number of aliphatic hydroxyl groups is 1. The van der Waals surface area contributed by atoms with E-state index in [2.05, 4.69) is 15.3 Å². The maximum atomic E-state index is 8.48. The molecule has 0 aliphatic heterocycles. The highest BCUT2D eigenvalue weighted by atomic mass is 16.5. The van der Waals surface area contributed by atoms with Crippen molar-refractivity contribution in [3.63, 3.8) is 0 Å². The van der Waals surface area contributed by atoms with Crippen molar-refractivity contribution in [2.45, 2.75) is 6.92 Å². The summed E-state index contributed by atoms with van der Waals surface area (Å²) in [6.07, 6.45) is 1.42. The van der Waals surface area contributed by atoms with Crippen molar-refractivity contribution in [2.24, 2.45) is 0 Å². The Balaban J connectivity index is 2.34. The number of ether oxygens (including phenoxy) is 1. The van der Waals surface area contributed by atoms with Crippen LogP contribution in [0.3, 0.4) is 0 Å². The Morgan fingerprint density at radius 2 is 2.27 bits per heavy atom. The Hall–Kier alpha value is -1.40. The fourth-order valence-corrected chi connectivity index (χ4v) is 1.05. The van der Waals surface area contributed by atoms with Gasteiger partial charge in [0.25, 0.3) is 0 Å². The van der Waals surface area contributed by atoms with Crippen molar-refractivity contribution in [3.8, 4) is 0 Å². The monoisotopic (exact) mass is 212 g/mol. The second kappa shape index (κ2) is 6.15. The van der Waals surface area contributed by atoms with E-state index in [0.717, 1.165) is 11.4 Å². The number of nitrogens with two attached hydrogens (primary N) is 1. The van der Waals surface area contributed by atoms with Gasteiger partial charge in [0.1, 0.15) is 18.0 Å². The van der Waals surface area contributed by atoms with E-state index in [-0.39, 0.29) is 6.61 Å². The molecule has 0 spiro atoms. The summed E-state index contributed by atoms with van der Waals surface area (Å²) in [6.45, 7) is 3.39. The van der Waals surface area contributed by atoms with Crippen LogP contribution in [0.5, 0.6) is 0 Å². The summed E-state index contributed by atoms with van der Waals surface area (Å²) in [5.41, 5.74) is 6.45. The third-order valence-corrected chi connectivity index (χ3v) is 1.90. The number of anilines is 2. The molecule has 6 heteroatoms. The van der Waals surface area contributed by atoms with Crippen molar-refractivity contribution in [1.82, 2.24) is 9.97 Å². The third-order valence-electron chi connectivity index (χ3n) is 1.90. The molecule has 1 aromatic rings. The second-order valence-electron chi connectivity index (χ2n) is 3.00. The Kier molecular flexibility index (Phi) is 4.79. The van der Waals surface area contributed by atoms with Crippen LogP contribution >= 0.6 is 0 Å². The van der Waals surface area contributed by atoms with E-state index >= 15 is 0 Å². The molecule has 0 saturated carbocycles. The van der Waals surface area contributed by atoms with Crippen molar-refractivity contribution in [2.75, 3.05) is 37.4 Å². The fourth-order valence-electron chi connectivity index (χ4n) is 1.05. The topological polar surface area (TPSA) is 93.3 Å². The highest BCUT2D eigenvalue weighted by molar-refractivity contribution is 5.53. The zero-order chi connectivity index (χ0) is 11.1. The Bertz CT molecular complexity index is 306. The van der Waals surface area contributed by atoms with Crippen molar-refractivity contribution in [3.05, 3.63) is 11.9 Å². The van der Waals surface area contributed by atoms with E-state index in [9.17, 15) is 0 Å². The van der Waals surface area contributed by atoms with E-state index in [4.69, 9.17) is 15.6 Å². The lowest BCUT2D eigenvalue weighted by Gasteiger charge is -2.09. The lowest BCUT2D eigenvalue weighted by molar-refractivity contribution is 0.0992. The maximum absolute atomic E-state index is 8.48. The van der Waals surface area contributed by atoms with Crippen molar-refractivity contribution >= 4 is 11.6 Å².